The van der Waals surface area contributed by atoms with Crippen molar-refractivity contribution in [2.24, 2.45) is 5.92 Å². The van der Waals surface area contributed by atoms with Crippen molar-refractivity contribution < 1.29 is 19.2 Å². The van der Waals surface area contributed by atoms with Gasteiger partial charge in [-0.15, -0.1) is 0 Å². The lowest BCUT2D eigenvalue weighted by Gasteiger charge is -2.13. The molecule has 0 bridgehead atoms. The molecule has 0 radical (unpaired) electrons. The molecule has 2 heterocycles. The average Bonchev–Trinajstić information content (AvgIpc) is 2.92. The van der Waals surface area contributed by atoms with Crippen LogP contribution < -0.4 is 5.32 Å². The molecule has 7 heteroatoms. The SMILES string of the molecule is CC(C)CC(=O)N[C@H](C)c1onc(-c2cccnc2)c1C(=O)O. The number of carboxylic acid groups (broad SMARTS) is 1. The molecule has 0 aliphatic carbocycles. The fourth-order valence-electron chi connectivity index (χ4n) is 2.24. The number of pyridine rings is 1. The molecule has 0 aromatic carbocycles. The van der Waals surface area contributed by atoms with Gasteiger partial charge in [0.25, 0.3) is 0 Å². The first-order valence-corrected chi connectivity index (χ1v) is 7.32. The molecule has 23 heavy (non-hydrogen) atoms. The Balaban J connectivity index is 2.31. The van der Waals surface area contributed by atoms with Crippen LogP contribution in [0.15, 0.2) is 29.0 Å². The highest BCUT2D eigenvalue weighted by Gasteiger charge is 2.28. The molecule has 1 amide bonds. The summed E-state index contributed by atoms with van der Waals surface area (Å²) in [6.45, 7) is 5.53. The smallest absolute Gasteiger partial charge is 0.341 e. The number of aromatic nitrogens is 2. The molecule has 7 nitrogen and oxygen atoms in total. The third kappa shape index (κ3) is 3.94. The zero-order valence-corrected chi connectivity index (χ0v) is 13.2. The fourth-order valence-corrected chi connectivity index (χ4v) is 2.24. The fraction of sp³-hybridized carbons (Fsp3) is 0.375. The maximum absolute atomic E-state index is 11.9. The number of carbonyl (C=O) groups excluding carboxylic acids is 1. The van der Waals surface area contributed by atoms with Gasteiger partial charge in [-0.2, -0.15) is 0 Å². The minimum Gasteiger partial charge on any atom is -0.477 e. The largest absolute Gasteiger partial charge is 0.477 e. The van der Waals surface area contributed by atoms with E-state index in [2.05, 4.69) is 15.5 Å². The maximum Gasteiger partial charge on any atom is 0.341 e. The molecule has 0 aliphatic heterocycles. The summed E-state index contributed by atoms with van der Waals surface area (Å²) in [5, 5.41) is 16.1. The zero-order chi connectivity index (χ0) is 17.0. The third-order valence-electron chi connectivity index (χ3n) is 3.23. The van der Waals surface area contributed by atoms with Crippen molar-refractivity contribution in [2.75, 3.05) is 0 Å². The molecule has 2 aromatic rings. The van der Waals surface area contributed by atoms with Crippen LogP contribution in [0.3, 0.4) is 0 Å². The first kappa shape index (κ1) is 16.7. The summed E-state index contributed by atoms with van der Waals surface area (Å²) >= 11 is 0. The molecule has 0 unspecified atom stereocenters. The molecule has 2 N–H and O–H groups in total. The number of carboxylic acids is 1. The van der Waals surface area contributed by atoms with Crippen molar-refractivity contribution >= 4 is 11.9 Å². The number of amides is 1. The maximum atomic E-state index is 11.9. The lowest BCUT2D eigenvalue weighted by Crippen LogP contribution is -2.28. The van der Waals surface area contributed by atoms with Crippen molar-refractivity contribution in [1.29, 1.82) is 0 Å². The van der Waals surface area contributed by atoms with E-state index in [-0.39, 0.29) is 28.8 Å². The van der Waals surface area contributed by atoms with Gasteiger partial charge in [-0.25, -0.2) is 4.79 Å². The monoisotopic (exact) mass is 317 g/mol. The van der Waals surface area contributed by atoms with E-state index in [1.807, 2.05) is 13.8 Å². The molecule has 122 valence electrons. The number of carbonyl (C=O) groups is 2. The summed E-state index contributed by atoms with van der Waals surface area (Å²) in [6.07, 6.45) is 3.45. The normalized spacial score (nSPS) is 12.2. The predicted molar refractivity (Wildman–Crippen MR) is 82.7 cm³/mol. The van der Waals surface area contributed by atoms with Gasteiger partial charge in [0.1, 0.15) is 11.3 Å². The lowest BCUT2D eigenvalue weighted by molar-refractivity contribution is -0.122. The van der Waals surface area contributed by atoms with Crippen molar-refractivity contribution in [3.05, 3.63) is 35.9 Å². The third-order valence-corrected chi connectivity index (χ3v) is 3.23. The summed E-state index contributed by atoms with van der Waals surface area (Å²) in [6, 6.07) is 2.79. The van der Waals surface area contributed by atoms with Crippen LogP contribution in [0.2, 0.25) is 0 Å². The molecule has 2 rings (SSSR count). The Bertz CT molecular complexity index is 695. The second kappa shape index (κ2) is 7.04. The Hall–Kier alpha value is -2.70. The van der Waals surface area contributed by atoms with Gasteiger partial charge in [-0.1, -0.05) is 19.0 Å². The molecule has 0 aliphatic rings. The zero-order valence-electron chi connectivity index (χ0n) is 13.2. The predicted octanol–water partition coefficient (Wildman–Crippen LogP) is 2.66. The number of aromatic carboxylic acids is 1. The van der Waals surface area contributed by atoms with Crippen molar-refractivity contribution in [3.63, 3.8) is 0 Å². The van der Waals surface area contributed by atoms with Crippen LogP contribution in [0.1, 0.15) is 49.4 Å². The van der Waals surface area contributed by atoms with E-state index in [1.54, 1.807) is 25.3 Å². The summed E-state index contributed by atoms with van der Waals surface area (Å²) < 4.78 is 5.21. The number of nitrogens with zero attached hydrogens (tertiary/aromatic N) is 2. The van der Waals surface area contributed by atoms with E-state index in [1.165, 1.54) is 6.20 Å². The van der Waals surface area contributed by atoms with Crippen LogP contribution in [0.5, 0.6) is 0 Å². The van der Waals surface area contributed by atoms with Gasteiger partial charge in [-0.05, 0) is 25.0 Å². The molecular formula is C16H19N3O4. The highest BCUT2D eigenvalue weighted by Crippen LogP contribution is 2.28. The first-order chi connectivity index (χ1) is 10.9. The molecule has 0 spiro atoms. The molecule has 1 atom stereocenters. The summed E-state index contributed by atoms with van der Waals surface area (Å²) in [7, 11) is 0. The van der Waals surface area contributed by atoms with Crippen LogP contribution >= 0.6 is 0 Å². The summed E-state index contributed by atoms with van der Waals surface area (Å²) in [5.41, 5.74) is 0.682. The van der Waals surface area contributed by atoms with Crippen LogP contribution in [0.4, 0.5) is 0 Å². The number of rotatable bonds is 6. The summed E-state index contributed by atoms with van der Waals surface area (Å²) in [4.78, 5) is 27.4. The molecule has 0 fully saturated rings. The highest BCUT2D eigenvalue weighted by atomic mass is 16.5. The summed E-state index contributed by atoms with van der Waals surface area (Å²) in [5.74, 6) is -0.997. The van der Waals surface area contributed by atoms with Gasteiger partial charge in [-0.3, -0.25) is 9.78 Å². The van der Waals surface area contributed by atoms with Crippen LogP contribution in [0, 0.1) is 5.92 Å². The van der Waals surface area contributed by atoms with Gasteiger partial charge >= 0.3 is 5.97 Å². The van der Waals surface area contributed by atoms with E-state index < -0.39 is 12.0 Å². The van der Waals surface area contributed by atoms with Crippen molar-refractivity contribution in [1.82, 2.24) is 15.5 Å². The Morgan fingerprint density at radius 2 is 2.09 bits per heavy atom. The molecule has 2 aromatic heterocycles. The Kier molecular flexibility index (Phi) is 5.10. The first-order valence-electron chi connectivity index (χ1n) is 7.32. The van der Waals surface area contributed by atoms with E-state index >= 15 is 0 Å². The topological polar surface area (TPSA) is 105 Å². The quantitative estimate of drug-likeness (QED) is 0.848. The van der Waals surface area contributed by atoms with Gasteiger partial charge in [0.2, 0.25) is 5.91 Å². The number of hydrogen-bond donors (Lipinski definition) is 2. The van der Waals surface area contributed by atoms with Gasteiger partial charge in [0.15, 0.2) is 5.76 Å². The van der Waals surface area contributed by atoms with E-state index in [0.717, 1.165) is 0 Å². The Morgan fingerprint density at radius 1 is 1.35 bits per heavy atom. The van der Waals surface area contributed by atoms with Crippen LogP contribution in [-0.2, 0) is 4.79 Å². The molecular weight excluding hydrogens is 298 g/mol. The molecule has 0 saturated carbocycles. The Morgan fingerprint density at radius 3 is 2.65 bits per heavy atom. The van der Waals surface area contributed by atoms with Gasteiger partial charge < -0.3 is 14.9 Å². The van der Waals surface area contributed by atoms with Crippen molar-refractivity contribution in [2.45, 2.75) is 33.2 Å². The van der Waals surface area contributed by atoms with Gasteiger partial charge in [0.05, 0.1) is 6.04 Å². The highest BCUT2D eigenvalue weighted by molar-refractivity contribution is 5.96. The minimum absolute atomic E-state index is 0.0599. The van der Waals surface area contributed by atoms with E-state index in [0.29, 0.717) is 12.0 Å². The average molecular weight is 317 g/mol. The minimum atomic E-state index is -1.16. The van der Waals surface area contributed by atoms with Crippen LogP contribution in [-0.4, -0.2) is 27.1 Å². The standard InChI is InChI=1S/C16H19N3O4/c1-9(2)7-12(20)18-10(3)15-13(16(21)22)14(19-23-15)11-5-4-6-17-8-11/h4-6,8-10H,7H2,1-3H3,(H,18,20)(H,21,22)/t10-/m1/s1. The van der Waals surface area contributed by atoms with E-state index in [9.17, 15) is 14.7 Å². The second-order valence-electron chi connectivity index (χ2n) is 5.70. The number of hydrogen-bond acceptors (Lipinski definition) is 5. The number of nitrogens with one attached hydrogen (secondary N) is 1. The molecule has 0 saturated heterocycles. The van der Waals surface area contributed by atoms with Crippen molar-refractivity contribution in [3.8, 4) is 11.3 Å². The van der Waals surface area contributed by atoms with Gasteiger partial charge in [0, 0.05) is 24.4 Å². The Labute approximate surface area is 133 Å². The van der Waals surface area contributed by atoms with Crippen LogP contribution in [0.25, 0.3) is 11.3 Å². The second-order valence-corrected chi connectivity index (χ2v) is 5.70. The van der Waals surface area contributed by atoms with E-state index in [4.69, 9.17) is 4.52 Å². The lowest BCUT2D eigenvalue weighted by atomic mass is 10.0.